The number of hydrogen-bond acceptors (Lipinski definition) is 4. The van der Waals surface area contributed by atoms with Crippen LogP contribution in [0.1, 0.15) is 68.5 Å². The summed E-state index contributed by atoms with van der Waals surface area (Å²) in [7, 11) is 0. The molecule has 1 aromatic rings. The molecule has 3 unspecified atom stereocenters. The molecular weight excluding hydrogens is 278 g/mol. The normalized spacial score (nSPS) is 32.0. The Morgan fingerprint density at radius 1 is 1.19 bits per heavy atom. The van der Waals surface area contributed by atoms with Crippen molar-refractivity contribution in [3.05, 3.63) is 10.6 Å². The molecule has 1 saturated carbocycles. The van der Waals surface area contributed by atoms with Gasteiger partial charge in [-0.25, -0.2) is 4.98 Å². The van der Waals surface area contributed by atoms with E-state index in [0.29, 0.717) is 6.04 Å². The van der Waals surface area contributed by atoms with Crippen LogP contribution in [0.3, 0.4) is 0 Å². The minimum atomic E-state index is 0.565. The Morgan fingerprint density at radius 3 is 3.00 bits per heavy atom. The van der Waals surface area contributed by atoms with Crippen molar-refractivity contribution >= 4 is 16.5 Å². The van der Waals surface area contributed by atoms with E-state index in [1.165, 1.54) is 73.6 Å². The van der Waals surface area contributed by atoms with Crippen molar-refractivity contribution in [3.8, 4) is 0 Å². The van der Waals surface area contributed by atoms with Crippen molar-refractivity contribution < 1.29 is 0 Å². The summed E-state index contributed by atoms with van der Waals surface area (Å²) >= 11 is 1.99. The minimum absolute atomic E-state index is 0.565. The van der Waals surface area contributed by atoms with Crippen LogP contribution < -0.4 is 10.2 Å². The van der Waals surface area contributed by atoms with Gasteiger partial charge in [0.2, 0.25) is 0 Å². The average molecular weight is 305 g/mol. The van der Waals surface area contributed by atoms with Crippen LogP contribution in [0, 0.1) is 5.92 Å². The highest BCUT2D eigenvalue weighted by atomic mass is 32.1. The zero-order valence-corrected chi connectivity index (χ0v) is 13.9. The smallest absolute Gasteiger partial charge is 0.186 e. The number of nitrogens with zero attached hydrogens (tertiary/aromatic N) is 2. The third-order valence-electron chi connectivity index (χ3n) is 5.65. The third-order valence-corrected chi connectivity index (χ3v) is 6.89. The fourth-order valence-corrected chi connectivity index (χ4v) is 5.92. The maximum absolute atomic E-state index is 5.06. The minimum Gasteiger partial charge on any atom is -0.345 e. The number of fused-ring (bicyclic) bond motifs is 2. The molecule has 3 aliphatic rings. The topological polar surface area (TPSA) is 28.2 Å². The number of thiazole rings is 1. The summed E-state index contributed by atoms with van der Waals surface area (Å²) in [5.41, 5.74) is 1.39. The van der Waals surface area contributed by atoms with Gasteiger partial charge in [0.25, 0.3) is 0 Å². The first-order chi connectivity index (χ1) is 10.4. The van der Waals surface area contributed by atoms with Crippen molar-refractivity contribution in [2.75, 3.05) is 18.0 Å². The Bertz CT molecular complexity index is 498. The molecule has 0 amide bonds. The summed E-state index contributed by atoms with van der Waals surface area (Å²) in [5, 5.41) is 4.99. The highest BCUT2D eigenvalue weighted by molar-refractivity contribution is 7.15. The molecule has 1 aromatic heterocycles. The molecule has 21 heavy (non-hydrogen) atoms. The van der Waals surface area contributed by atoms with Gasteiger partial charge < -0.3 is 10.2 Å². The molecule has 116 valence electrons. The van der Waals surface area contributed by atoms with E-state index in [0.717, 1.165) is 18.5 Å². The molecular formula is C17H27N3S. The number of aromatic nitrogens is 1. The SMILES string of the molecule is CCNC1CCCc2nc(N3CCC4CCCCC43)sc21. The molecule has 4 heteroatoms. The van der Waals surface area contributed by atoms with E-state index in [9.17, 15) is 0 Å². The van der Waals surface area contributed by atoms with Gasteiger partial charge in [0.1, 0.15) is 0 Å². The summed E-state index contributed by atoms with van der Waals surface area (Å²) in [6.07, 6.45) is 10.9. The second-order valence-electron chi connectivity index (χ2n) is 6.90. The van der Waals surface area contributed by atoms with Gasteiger partial charge in [0.15, 0.2) is 5.13 Å². The summed E-state index contributed by atoms with van der Waals surface area (Å²) in [6, 6.07) is 1.36. The molecule has 0 radical (unpaired) electrons. The van der Waals surface area contributed by atoms with Gasteiger partial charge in [-0.05, 0) is 51.0 Å². The van der Waals surface area contributed by atoms with Crippen LogP contribution in [0.5, 0.6) is 0 Å². The predicted molar refractivity (Wildman–Crippen MR) is 89.2 cm³/mol. The second kappa shape index (κ2) is 5.88. The largest absolute Gasteiger partial charge is 0.345 e. The molecule has 2 aliphatic carbocycles. The van der Waals surface area contributed by atoms with Crippen molar-refractivity contribution in [1.29, 1.82) is 0 Å². The Hall–Kier alpha value is -0.610. The lowest BCUT2D eigenvalue weighted by atomic mass is 9.85. The molecule has 2 heterocycles. The van der Waals surface area contributed by atoms with Gasteiger partial charge in [-0.1, -0.05) is 31.1 Å². The number of nitrogens with one attached hydrogen (secondary N) is 1. The van der Waals surface area contributed by atoms with E-state index in [1.807, 2.05) is 11.3 Å². The second-order valence-corrected chi connectivity index (χ2v) is 7.91. The quantitative estimate of drug-likeness (QED) is 0.918. The van der Waals surface area contributed by atoms with E-state index in [4.69, 9.17) is 4.98 Å². The van der Waals surface area contributed by atoms with Crippen LogP contribution in [0.4, 0.5) is 5.13 Å². The summed E-state index contributed by atoms with van der Waals surface area (Å²) in [4.78, 5) is 9.26. The van der Waals surface area contributed by atoms with Gasteiger partial charge in [-0.3, -0.25) is 0 Å². The molecule has 4 rings (SSSR count). The first-order valence-corrected chi connectivity index (χ1v) is 9.68. The molecule has 0 aromatic carbocycles. The van der Waals surface area contributed by atoms with E-state index in [2.05, 4.69) is 17.1 Å². The van der Waals surface area contributed by atoms with Crippen molar-refractivity contribution in [2.45, 2.75) is 70.4 Å². The van der Waals surface area contributed by atoms with Gasteiger partial charge in [0, 0.05) is 23.5 Å². The lowest BCUT2D eigenvalue weighted by Gasteiger charge is -2.31. The van der Waals surface area contributed by atoms with Crippen LogP contribution >= 0.6 is 11.3 Å². The van der Waals surface area contributed by atoms with Crippen molar-refractivity contribution in [3.63, 3.8) is 0 Å². The third kappa shape index (κ3) is 2.50. The van der Waals surface area contributed by atoms with Gasteiger partial charge >= 0.3 is 0 Å². The van der Waals surface area contributed by atoms with Gasteiger partial charge in [-0.2, -0.15) is 0 Å². The standard InChI is InChI=1S/C17H27N3S/c1-2-18-13-7-5-8-14-16(13)21-17(19-14)20-11-10-12-6-3-4-9-15(12)20/h12-13,15,18H,2-11H2,1H3. The Labute approximate surface area is 132 Å². The van der Waals surface area contributed by atoms with Gasteiger partial charge in [-0.15, -0.1) is 0 Å². The zero-order valence-electron chi connectivity index (χ0n) is 13.1. The summed E-state index contributed by atoms with van der Waals surface area (Å²) < 4.78 is 0. The van der Waals surface area contributed by atoms with Crippen LogP contribution in [0.15, 0.2) is 0 Å². The highest BCUT2D eigenvalue weighted by Crippen LogP contribution is 2.43. The fraction of sp³-hybridized carbons (Fsp3) is 0.824. The highest BCUT2D eigenvalue weighted by Gasteiger charge is 2.38. The van der Waals surface area contributed by atoms with Crippen molar-refractivity contribution in [1.82, 2.24) is 10.3 Å². The van der Waals surface area contributed by atoms with E-state index in [1.54, 1.807) is 0 Å². The van der Waals surface area contributed by atoms with Crippen molar-refractivity contribution in [2.24, 2.45) is 5.92 Å². The molecule has 2 fully saturated rings. The first kappa shape index (κ1) is 14.0. The lowest BCUT2D eigenvalue weighted by molar-refractivity contribution is 0.342. The van der Waals surface area contributed by atoms with E-state index in [-0.39, 0.29) is 0 Å². The molecule has 1 aliphatic heterocycles. The lowest BCUT2D eigenvalue weighted by Crippen LogP contribution is -2.34. The first-order valence-electron chi connectivity index (χ1n) is 8.86. The zero-order chi connectivity index (χ0) is 14.2. The number of aryl methyl sites for hydroxylation is 1. The Kier molecular flexibility index (Phi) is 3.92. The monoisotopic (exact) mass is 305 g/mol. The van der Waals surface area contributed by atoms with Crippen LogP contribution in [0.25, 0.3) is 0 Å². The molecule has 0 bridgehead atoms. The summed E-state index contributed by atoms with van der Waals surface area (Å²) in [6.45, 7) is 4.52. The summed E-state index contributed by atoms with van der Waals surface area (Å²) in [5.74, 6) is 0.948. The molecule has 1 N–H and O–H groups in total. The van der Waals surface area contributed by atoms with Crippen LogP contribution in [-0.2, 0) is 6.42 Å². The fourth-order valence-electron chi connectivity index (χ4n) is 4.61. The molecule has 1 saturated heterocycles. The Morgan fingerprint density at radius 2 is 2.10 bits per heavy atom. The van der Waals surface area contributed by atoms with E-state index < -0.39 is 0 Å². The van der Waals surface area contributed by atoms with Crippen LogP contribution in [0.2, 0.25) is 0 Å². The number of rotatable bonds is 3. The number of hydrogen-bond donors (Lipinski definition) is 1. The van der Waals surface area contributed by atoms with Crippen LogP contribution in [-0.4, -0.2) is 24.1 Å². The maximum Gasteiger partial charge on any atom is 0.186 e. The Balaban J connectivity index is 1.59. The molecule has 0 spiro atoms. The average Bonchev–Trinajstić information content (AvgIpc) is 3.11. The predicted octanol–water partition coefficient (Wildman–Crippen LogP) is 3.90. The molecule has 3 nitrogen and oxygen atoms in total. The van der Waals surface area contributed by atoms with E-state index >= 15 is 0 Å². The molecule has 3 atom stereocenters. The maximum atomic E-state index is 5.06. The number of anilines is 1. The van der Waals surface area contributed by atoms with Gasteiger partial charge in [0.05, 0.1) is 5.69 Å².